The fraction of sp³-hybridized carbons (Fsp3) is 0.917. The number of amides is 1. The zero-order valence-electron chi connectivity index (χ0n) is 9.96. The minimum atomic E-state index is 0.195. The van der Waals surface area contributed by atoms with Gasteiger partial charge < -0.3 is 11.1 Å². The van der Waals surface area contributed by atoms with Crippen LogP contribution in [0.3, 0.4) is 0 Å². The monoisotopic (exact) mass is 212 g/mol. The molecule has 1 aliphatic rings. The SMILES string of the molecule is CCC(CC)C(=O)NCC1CCC(N)C1. The highest BCUT2D eigenvalue weighted by Crippen LogP contribution is 2.23. The average molecular weight is 212 g/mol. The van der Waals surface area contributed by atoms with Crippen LogP contribution in [0.1, 0.15) is 46.0 Å². The topological polar surface area (TPSA) is 55.1 Å². The van der Waals surface area contributed by atoms with E-state index in [4.69, 9.17) is 5.73 Å². The number of hydrogen-bond acceptors (Lipinski definition) is 2. The van der Waals surface area contributed by atoms with Crippen molar-refractivity contribution in [3.8, 4) is 0 Å². The number of carbonyl (C=O) groups excluding carboxylic acids is 1. The first-order valence-electron chi connectivity index (χ1n) is 6.20. The summed E-state index contributed by atoms with van der Waals surface area (Å²) in [5.41, 5.74) is 5.83. The quantitative estimate of drug-likeness (QED) is 0.728. The maximum Gasteiger partial charge on any atom is 0.223 e. The molecule has 0 aromatic heterocycles. The van der Waals surface area contributed by atoms with Crippen LogP contribution in [0, 0.1) is 11.8 Å². The van der Waals surface area contributed by atoms with Crippen LogP contribution in [0.15, 0.2) is 0 Å². The first-order chi connectivity index (χ1) is 7.17. The highest BCUT2D eigenvalue weighted by Gasteiger charge is 2.23. The van der Waals surface area contributed by atoms with E-state index in [2.05, 4.69) is 19.2 Å². The maximum atomic E-state index is 11.7. The van der Waals surface area contributed by atoms with Gasteiger partial charge in [0, 0.05) is 18.5 Å². The molecule has 2 atom stereocenters. The predicted molar refractivity (Wildman–Crippen MR) is 62.4 cm³/mol. The minimum Gasteiger partial charge on any atom is -0.356 e. The molecule has 3 N–H and O–H groups in total. The van der Waals surface area contributed by atoms with Crippen molar-refractivity contribution < 1.29 is 4.79 Å². The molecule has 1 rings (SSSR count). The number of rotatable bonds is 5. The van der Waals surface area contributed by atoms with Gasteiger partial charge in [-0.3, -0.25) is 4.79 Å². The van der Waals surface area contributed by atoms with Crippen LogP contribution in [-0.2, 0) is 4.79 Å². The van der Waals surface area contributed by atoms with Gasteiger partial charge in [-0.1, -0.05) is 13.8 Å². The number of nitrogens with two attached hydrogens (primary N) is 1. The van der Waals surface area contributed by atoms with Crippen molar-refractivity contribution in [2.24, 2.45) is 17.6 Å². The van der Waals surface area contributed by atoms with Gasteiger partial charge in [-0.15, -0.1) is 0 Å². The van der Waals surface area contributed by atoms with Crippen LogP contribution in [0.5, 0.6) is 0 Å². The summed E-state index contributed by atoms with van der Waals surface area (Å²) in [5, 5.41) is 3.05. The molecule has 0 bridgehead atoms. The summed E-state index contributed by atoms with van der Waals surface area (Å²) < 4.78 is 0. The molecule has 2 unspecified atom stereocenters. The number of hydrogen-bond donors (Lipinski definition) is 2. The van der Waals surface area contributed by atoms with Gasteiger partial charge in [0.1, 0.15) is 0 Å². The van der Waals surface area contributed by atoms with Crippen LogP contribution in [0.4, 0.5) is 0 Å². The van der Waals surface area contributed by atoms with Crippen molar-refractivity contribution >= 4 is 5.91 Å². The predicted octanol–water partition coefficient (Wildman–Crippen LogP) is 1.67. The van der Waals surface area contributed by atoms with Crippen molar-refractivity contribution in [1.82, 2.24) is 5.32 Å². The second-order valence-corrected chi connectivity index (χ2v) is 4.70. The van der Waals surface area contributed by atoms with E-state index in [9.17, 15) is 4.79 Å². The third kappa shape index (κ3) is 3.82. The Morgan fingerprint density at radius 2 is 2.07 bits per heavy atom. The zero-order valence-corrected chi connectivity index (χ0v) is 9.96. The van der Waals surface area contributed by atoms with Crippen LogP contribution < -0.4 is 11.1 Å². The Kier molecular flexibility index (Phi) is 5.09. The van der Waals surface area contributed by atoms with Gasteiger partial charge in [-0.05, 0) is 38.0 Å². The summed E-state index contributed by atoms with van der Waals surface area (Å²) >= 11 is 0. The molecule has 0 aromatic carbocycles. The van der Waals surface area contributed by atoms with Crippen molar-refractivity contribution in [3.63, 3.8) is 0 Å². The minimum absolute atomic E-state index is 0.195. The fourth-order valence-electron chi connectivity index (χ4n) is 2.35. The zero-order chi connectivity index (χ0) is 11.3. The molecule has 1 amide bonds. The molecule has 15 heavy (non-hydrogen) atoms. The maximum absolute atomic E-state index is 11.7. The molecule has 0 aromatic rings. The summed E-state index contributed by atoms with van der Waals surface area (Å²) in [6.45, 7) is 4.96. The molecule has 0 radical (unpaired) electrons. The molecule has 1 fully saturated rings. The van der Waals surface area contributed by atoms with E-state index in [-0.39, 0.29) is 11.8 Å². The molecular formula is C12H24N2O. The lowest BCUT2D eigenvalue weighted by atomic mass is 10.0. The third-order valence-corrected chi connectivity index (χ3v) is 3.50. The smallest absolute Gasteiger partial charge is 0.223 e. The molecular weight excluding hydrogens is 188 g/mol. The van der Waals surface area contributed by atoms with E-state index in [1.165, 1.54) is 6.42 Å². The molecule has 1 aliphatic carbocycles. The summed E-state index contributed by atoms with van der Waals surface area (Å²) in [7, 11) is 0. The lowest BCUT2D eigenvalue weighted by Gasteiger charge is -2.15. The summed E-state index contributed by atoms with van der Waals surface area (Å²) in [6, 6.07) is 0.361. The summed E-state index contributed by atoms with van der Waals surface area (Å²) in [6.07, 6.45) is 5.23. The lowest BCUT2D eigenvalue weighted by Crippen LogP contribution is -2.33. The van der Waals surface area contributed by atoms with Crippen molar-refractivity contribution in [1.29, 1.82) is 0 Å². The van der Waals surface area contributed by atoms with Gasteiger partial charge in [-0.25, -0.2) is 0 Å². The Bertz CT molecular complexity index is 202. The van der Waals surface area contributed by atoms with Gasteiger partial charge in [0.25, 0.3) is 0 Å². The van der Waals surface area contributed by atoms with Crippen LogP contribution in [0.25, 0.3) is 0 Å². The van der Waals surface area contributed by atoms with E-state index in [1.807, 2.05) is 0 Å². The normalized spacial score (nSPS) is 25.9. The Morgan fingerprint density at radius 3 is 2.53 bits per heavy atom. The van der Waals surface area contributed by atoms with Gasteiger partial charge >= 0.3 is 0 Å². The standard InChI is InChI=1S/C12H24N2O/c1-3-10(4-2)12(15)14-8-9-5-6-11(13)7-9/h9-11H,3-8,13H2,1-2H3,(H,14,15). The molecule has 0 aliphatic heterocycles. The Labute approximate surface area is 92.8 Å². The first-order valence-corrected chi connectivity index (χ1v) is 6.20. The van der Waals surface area contributed by atoms with Gasteiger partial charge in [0.2, 0.25) is 5.91 Å². The third-order valence-electron chi connectivity index (χ3n) is 3.50. The number of carbonyl (C=O) groups is 1. The highest BCUT2D eigenvalue weighted by molar-refractivity contribution is 5.78. The van der Waals surface area contributed by atoms with E-state index in [0.29, 0.717) is 12.0 Å². The number of nitrogens with one attached hydrogen (secondary N) is 1. The molecule has 88 valence electrons. The Hall–Kier alpha value is -0.570. The van der Waals surface area contributed by atoms with Crippen molar-refractivity contribution in [2.45, 2.75) is 52.0 Å². The fourth-order valence-corrected chi connectivity index (χ4v) is 2.35. The molecule has 1 saturated carbocycles. The van der Waals surface area contributed by atoms with Crippen LogP contribution in [0.2, 0.25) is 0 Å². The second-order valence-electron chi connectivity index (χ2n) is 4.70. The molecule has 0 spiro atoms. The molecule has 3 heteroatoms. The van der Waals surface area contributed by atoms with E-state index < -0.39 is 0 Å². The largest absolute Gasteiger partial charge is 0.356 e. The lowest BCUT2D eigenvalue weighted by molar-refractivity contribution is -0.125. The second kappa shape index (κ2) is 6.11. The van der Waals surface area contributed by atoms with E-state index in [1.54, 1.807) is 0 Å². The van der Waals surface area contributed by atoms with Crippen LogP contribution in [-0.4, -0.2) is 18.5 Å². The summed E-state index contributed by atoms with van der Waals surface area (Å²) in [5.74, 6) is 1.03. The van der Waals surface area contributed by atoms with E-state index >= 15 is 0 Å². The average Bonchev–Trinajstić information content (AvgIpc) is 2.63. The molecule has 3 nitrogen and oxygen atoms in total. The van der Waals surface area contributed by atoms with Crippen LogP contribution >= 0.6 is 0 Å². The van der Waals surface area contributed by atoms with Crippen molar-refractivity contribution in [3.05, 3.63) is 0 Å². The first kappa shape index (κ1) is 12.5. The van der Waals surface area contributed by atoms with Crippen molar-refractivity contribution in [2.75, 3.05) is 6.54 Å². The Morgan fingerprint density at radius 1 is 1.40 bits per heavy atom. The van der Waals surface area contributed by atoms with E-state index in [0.717, 1.165) is 32.2 Å². The molecule has 0 heterocycles. The Balaban J connectivity index is 2.21. The highest BCUT2D eigenvalue weighted by atomic mass is 16.1. The molecule has 0 saturated heterocycles. The van der Waals surface area contributed by atoms with Gasteiger partial charge in [0.05, 0.1) is 0 Å². The summed E-state index contributed by atoms with van der Waals surface area (Å²) in [4.78, 5) is 11.7. The van der Waals surface area contributed by atoms with Gasteiger partial charge in [-0.2, -0.15) is 0 Å². The van der Waals surface area contributed by atoms with Gasteiger partial charge in [0.15, 0.2) is 0 Å².